The summed E-state index contributed by atoms with van der Waals surface area (Å²) in [5.74, 6) is 0.0298. The first-order valence-corrected chi connectivity index (χ1v) is 12.0. The second-order valence-electron chi connectivity index (χ2n) is 7.30. The lowest BCUT2D eigenvalue weighted by molar-refractivity contribution is -0.120. The van der Waals surface area contributed by atoms with Crippen LogP contribution in [0.15, 0.2) is 71.6 Å². The first-order chi connectivity index (χ1) is 15.3. The third kappa shape index (κ3) is 4.34. The summed E-state index contributed by atoms with van der Waals surface area (Å²) in [7, 11) is -2.48. The molecular formula is C23H20Cl2N2O4S. The summed E-state index contributed by atoms with van der Waals surface area (Å²) in [6, 6.07) is 17.4. The van der Waals surface area contributed by atoms with Crippen LogP contribution < -0.4 is 10.1 Å². The molecule has 1 amide bonds. The summed E-state index contributed by atoms with van der Waals surface area (Å²) in [5, 5.41) is 3.26. The van der Waals surface area contributed by atoms with Crippen LogP contribution in [0.2, 0.25) is 10.0 Å². The third-order valence-corrected chi connectivity index (χ3v) is 7.88. The zero-order valence-corrected chi connectivity index (χ0v) is 19.4. The summed E-state index contributed by atoms with van der Waals surface area (Å²) < 4.78 is 33.4. The number of ether oxygens (including phenoxy) is 1. The predicted molar refractivity (Wildman–Crippen MR) is 125 cm³/mol. The van der Waals surface area contributed by atoms with Crippen LogP contribution in [0.25, 0.3) is 0 Å². The van der Waals surface area contributed by atoms with Crippen molar-refractivity contribution in [2.45, 2.75) is 23.9 Å². The Labute approximate surface area is 196 Å². The Morgan fingerprint density at radius 3 is 2.22 bits per heavy atom. The number of hydrogen-bond donors (Lipinski definition) is 1. The second-order valence-corrected chi connectivity index (χ2v) is 10.0. The van der Waals surface area contributed by atoms with Gasteiger partial charge in [-0.05, 0) is 53.9 Å². The van der Waals surface area contributed by atoms with Gasteiger partial charge >= 0.3 is 0 Å². The number of anilines is 1. The fraction of sp³-hybridized carbons (Fsp3) is 0.174. The molecule has 1 aliphatic rings. The van der Waals surface area contributed by atoms with Crippen molar-refractivity contribution in [2.24, 2.45) is 0 Å². The van der Waals surface area contributed by atoms with Crippen molar-refractivity contribution in [1.82, 2.24) is 4.31 Å². The molecule has 3 aromatic carbocycles. The van der Waals surface area contributed by atoms with E-state index in [1.165, 1.54) is 23.5 Å². The van der Waals surface area contributed by atoms with Crippen LogP contribution in [0.3, 0.4) is 0 Å². The maximum Gasteiger partial charge on any atom is 0.244 e. The Bertz CT molecular complexity index is 1240. The van der Waals surface area contributed by atoms with Gasteiger partial charge in [0.25, 0.3) is 0 Å². The number of sulfonamides is 1. The molecule has 1 atom stereocenters. The van der Waals surface area contributed by atoms with Crippen LogP contribution in [-0.4, -0.2) is 31.8 Å². The van der Waals surface area contributed by atoms with Gasteiger partial charge < -0.3 is 10.1 Å². The third-order valence-electron chi connectivity index (χ3n) is 5.39. The van der Waals surface area contributed by atoms with Gasteiger partial charge in [0.1, 0.15) is 11.8 Å². The number of amides is 1. The highest BCUT2D eigenvalue weighted by Crippen LogP contribution is 2.33. The molecule has 0 fully saturated rings. The number of nitrogens with zero attached hydrogens (tertiary/aromatic N) is 1. The van der Waals surface area contributed by atoms with Crippen molar-refractivity contribution in [3.63, 3.8) is 0 Å². The van der Waals surface area contributed by atoms with Gasteiger partial charge in [-0.15, -0.1) is 0 Å². The Morgan fingerprint density at radius 1 is 0.969 bits per heavy atom. The van der Waals surface area contributed by atoms with E-state index in [0.717, 1.165) is 11.1 Å². The minimum Gasteiger partial charge on any atom is -0.497 e. The summed E-state index contributed by atoms with van der Waals surface area (Å²) in [5.41, 5.74) is 2.02. The summed E-state index contributed by atoms with van der Waals surface area (Å²) in [4.78, 5) is 13.4. The van der Waals surface area contributed by atoms with E-state index in [4.69, 9.17) is 27.9 Å². The molecule has 6 nitrogen and oxygen atoms in total. The Morgan fingerprint density at radius 2 is 1.59 bits per heavy atom. The number of rotatable bonds is 5. The maximum atomic E-state index is 13.6. The number of fused-ring (bicyclic) bond motifs is 1. The topological polar surface area (TPSA) is 75.7 Å². The van der Waals surface area contributed by atoms with Crippen molar-refractivity contribution in [3.8, 4) is 5.75 Å². The van der Waals surface area contributed by atoms with E-state index in [1.54, 1.807) is 30.3 Å². The lowest BCUT2D eigenvalue weighted by atomic mass is 9.95. The van der Waals surface area contributed by atoms with Gasteiger partial charge in [-0.25, -0.2) is 8.42 Å². The molecule has 0 bridgehead atoms. The van der Waals surface area contributed by atoms with Crippen LogP contribution in [0.1, 0.15) is 11.1 Å². The first-order valence-electron chi connectivity index (χ1n) is 9.79. The van der Waals surface area contributed by atoms with E-state index in [1.807, 2.05) is 24.3 Å². The van der Waals surface area contributed by atoms with E-state index >= 15 is 0 Å². The molecule has 0 radical (unpaired) electrons. The van der Waals surface area contributed by atoms with Gasteiger partial charge in [-0.2, -0.15) is 4.31 Å². The molecular weight excluding hydrogens is 471 g/mol. The van der Waals surface area contributed by atoms with Crippen molar-refractivity contribution >= 4 is 44.8 Å². The predicted octanol–water partition coefficient (Wildman–Crippen LogP) is 4.76. The number of halogens is 2. The largest absolute Gasteiger partial charge is 0.497 e. The number of benzene rings is 3. The van der Waals surface area contributed by atoms with Crippen molar-refractivity contribution in [1.29, 1.82) is 0 Å². The molecule has 0 saturated carbocycles. The number of hydrogen-bond acceptors (Lipinski definition) is 4. The van der Waals surface area contributed by atoms with Crippen molar-refractivity contribution in [2.75, 3.05) is 12.4 Å². The molecule has 1 N–H and O–H groups in total. The van der Waals surface area contributed by atoms with Crippen LogP contribution >= 0.6 is 23.2 Å². The monoisotopic (exact) mass is 490 g/mol. The second kappa shape index (κ2) is 9.11. The average molecular weight is 491 g/mol. The molecule has 0 aromatic heterocycles. The molecule has 0 aliphatic carbocycles. The first kappa shape index (κ1) is 22.6. The summed E-state index contributed by atoms with van der Waals surface area (Å²) in [6.45, 7) is 0.0683. The van der Waals surface area contributed by atoms with Crippen molar-refractivity contribution in [3.05, 3.63) is 87.9 Å². The molecule has 1 heterocycles. The minimum absolute atomic E-state index is 0.0683. The molecule has 3 aromatic rings. The van der Waals surface area contributed by atoms with Gasteiger partial charge in [0.15, 0.2) is 0 Å². The van der Waals surface area contributed by atoms with Gasteiger partial charge in [-0.3, -0.25) is 4.79 Å². The van der Waals surface area contributed by atoms with Gasteiger partial charge in [0.05, 0.1) is 27.7 Å². The van der Waals surface area contributed by atoms with E-state index in [9.17, 15) is 13.2 Å². The Hall–Kier alpha value is -2.58. The standard InChI is InChI=1S/C23H20Cl2N2O4S/c1-31-17-9-11-18(12-10-17)32(29,30)27-14-16-6-3-2-5-15(16)13-21(27)23(28)26-22-19(24)7-4-8-20(22)25/h2-12,21H,13-14H2,1H3,(H,26,28)/t21-/m0/s1. The van der Waals surface area contributed by atoms with E-state index < -0.39 is 22.0 Å². The highest BCUT2D eigenvalue weighted by molar-refractivity contribution is 7.89. The molecule has 9 heteroatoms. The highest BCUT2D eigenvalue weighted by Gasteiger charge is 2.39. The fourth-order valence-corrected chi connectivity index (χ4v) is 5.74. The highest BCUT2D eigenvalue weighted by atomic mass is 35.5. The smallest absolute Gasteiger partial charge is 0.244 e. The molecule has 4 rings (SSSR count). The fourth-order valence-electron chi connectivity index (χ4n) is 3.68. The molecule has 166 valence electrons. The maximum absolute atomic E-state index is 13.6. The minimum atomic E-state index is -3.99. The zero-order chi connectivity index (χ0) is 22.9. The molecule has 0 spiro atoms. The molecule has 0 unspecified atom stereocenters. The summed E-state index contributed by atoms with van der Waals surface area (Å²) >= 11 is 12.4. The quantitative estimate of drug-likeness (QED) is 0.559. The Balaban J connectivity index is 1.73. The van der Waals surface area contributed by atoms with Gasteiger partial charge in [0.2, 0.25) is 15.9 Å². The lowest BCUT2D eigenvalue weighted by Gasteiger charge is -2.35. The van der Waals surface area contributed by atoms with E-state index in [2.05, 4.69) is 5.32 Å². The van der Waals surface area contributed by atoms with Gasteiger partial charge in [-0.1, -0.05) is 53.5 Å². The van der Waals surface area contributed by atoms with Crippen LogP contribution in [0.4, 0.5) is 5.69 Å². The zero-order valence-electron chi connectivity index (χ0n) is 17.1. The van der Waals surface area contributed by atoms with Gasteiger partial charge in [0, 0.05) is 6.54 Å². The number of para-hydroxylation sites is 1. The molecule has 0 saturated heterocycles. The lowest BCUT2D eigenvalue weighted by Crippen LogP contribution is -2.50. The number of carbonyl (C=O) groups excluding carboxylic acids is 1. The number of methoxy groups -OCH3 is 1. The number of nitrogens with one attached hydrogen (secondary N) is 1. The Kier molecular flexibility index (Phi) is 6.44. The van der Waals surface area contributed by atoms with Crippen molar-refractivity contribution < 1.29 is 17.9 Å². The van der Waals surface area contributed by atoms with Crippen LogP contribution in [-0.2, 0) is 27.8 Å². The average Bonchev–Trinajstić information content (AvgIpc) is 2.80. The normalized spacial score (nSPS) is 16.3. The van der Waals surface area contributed by atoms with Crippen LogP contribution in [0.5, 0.6) is 5.75 Å². The number of carbonyl (C=O) groups is 1. The van der Waals surface area contributed by atoms with E-state index in [-0.39, 0.29) is 33.6 Å². The molecule has 1 aliphatic heterocycles. The van der Waals surface area contributed by atoms with E-state index in [0.29, 0.717) is 5.75 Å². The molecule has 32 heavy (non-hydrogen) atoms. The SMILES string of the molecule is COc1ccc(S(=O)(=O)N2Cc3ccccc3C[C@H]2C(=O)Nc2c(Cl)cccc2Cl)cc1. The summed E-state index contributed by atoms with van der Waals surface area (Å²) in [6.07, 6.45) is 0.222. The van der Waals surface area contributed by atoms with Crippen LogP contribution in [0, 0.1) is 0 Å².